The molecule has 0 saturated carbocycles. The maximum atomic E-state index is 13.5. The number of halogens is 1. The number of nitrogens with one attached hydrogen (secondary N) is 2. The number of hydrogen-bond donors (Lipinski definition) is 4. The second-order valence-corrected chi connectivity index (χ2v) is 8.15. The van der Waals surface area contributed by atoms with Gasteiger partial charge in [-0.15, -0.1) is 0 Å². The number of fused-ring (bicyclic) bond motifs is 1. The zero-order valence-electron chi connectivity index (χ0n) is 17.9. The number of benzene rings is 2. The molecule has 10 nitrogen and oxygen atoms in total. The first-order valence-corrected chi connectivity index (χ1v) is 10.3. The summed E-state index contributed by atoms with van der Waals surface area (Å²) in [5.41, 5.74) is -1.16. The molecule has 3 unspecified atom stereocenters. The number of anilines is 1. The summed E-state index contributed by atoms with van der Waals surface area (Å²) in [4.78, 5) is 26.8. The molecule has 1 aliphatic heterocycles. The largest absolute Gasteiger partial charge is 0.595 e. The van der Waals surface area contributed by atoms with Crippen LogP contribution in [-0.2, 0) is 4.79 Å². The van der Waals surface area contributed by atoms with E-state index in [1.54, 1.807) is 6.92 Å². The molecule has 11 heteroatoms. The monoisotopic (exact) mass is 476 g/mol. The van der Waals surface area contributed by atoms with Crippen LogP contribution < -0.4 is 24.8 Å². The fourth-order valence-electron chi connectivity index (χ4n) is 4.16. The van der Waals surface area contributed by atoms with Crippen LogP contribution in [0.25, 0.3) is 0 Å². The standard InChI is InChI=1S/C22H21ClN2O8/c1-10-6-11(24-13-5-4-12(25(29)30)8-14(13)26)7-17(27)22(10)21(28)18-15(31-2)9-16(32-3)19(23)20(18)33-22/h4-5,7-10,24-26,29H,6H2,1-3H3. The third-order valence-corrected chi connectivity index (χ3v) is 6.21. The van der Waals surface area contributed by atoms with Gasteiger partial charge in [0.15, 0.2) is 11.4 Å². The molecule has 0 fully saturated rings. The Balaban J connectivity index is 1.69. The smallest absolute Gasteiger partial charge is 0.236 e. The van der Waals surface area contributed by atoms with Crippen LogP contribution in [0.15, 0.2) is 36.0 Å². The van der Waals surface area contributed by atoms with E-state index in [2.05, 4.69) is 5.32 Å². The van der Waals surface area contributed by atoms with Crippen molar-refractivity contribution in [3.8, 4) is 23.0 Å². The first-order chi connectivity index (χ1) is 15.6. The van der Waals surface area contributed by atoms with Crippen LogP contribution in [0, 0.1) is 11.1 Å². The zero-order valence-corrected chi connectivity index (χ0v) is 18.6. The average Bonchev–Trinajstić information content (AvgIpc) is 3.09. The van der Waals surface area contributed by atoms with Crippen LogP contribution in [0.1, 0.15) is 23.7 Å². The van der Waals surface area contributed by atoms with Gasteiger partial charge in [-0.2, -0.15) is 5.23 Å². The molecule has 33 heavy (non-hydrogen) atoms. The van der Waals surface area contributed by atoms with E-state index in [4.69, 9.17) is 31.0 Å². The van der Waals surface area contributed by atoms with Crippen molar-refractivity contribution in [3.05, 3.63) is 51.8 Å². The van der Waals surface area contributed by atoms with Crippen LogP contribution in [0.4, 0.5) is 11.4 Å². The van der Waals surface area contributed by atoms with E-state index in [-0.39, 0.29) is 51.4 Å². The van der Waals surface area contributed by atoms with E-state index in [0.29, 0.717) is 5.70 Å². The number of quaternary nitrogens is 1. The molecular weight excluding hydrogens is 456 g/mol. The molecule has 2 aliphatic rings. The van der Waals surface area contributed by atoms with Gasteiger partial charge in [-0.05, 0) is 12.5 Å². The first kappa shape index (κ1) is 22.9. The lowest BCUT2D eigenvalue weighted by Crippen LogP contribution is -2.99. The van der Waals surface area contributed by atoms with Crippen LogP contribution in [0.3, 0.4) is 0 Å². The van der Waals surface area contributed by atoms with Crippen LogP contribution in [0.5, 0.6) is 23.0 Å². The maximum Gasteiger partial charge on any atom is 0.236 e. The summed E-state index contributed by atoms with van der Waals surface area (Å²) in [5.74, 6) is -1.59. The molecule has 4 rings (SSSR count). The van der Waals surface area contributed by atoms with Gasteiger partial charge in [0.2, 0.25) is 17.2 Å². The number of carbonyl (C=O) groups is 2. The fraction of sp³-hybridized carbons (Fsp3) is 0.273. The minimum atomic E-state index is -1.81. The van der Waals surface area contributed by atoms with Crippen LogP contribution in [0.2, 0.25) is 5.02 Å². The van der Waals surface area contributed by atoms with Crippen molar-refractivity contribution in [2.75, 3.05) is 19.5 Å². The lowest BCUT2D eigenvalue weighted by Gasteiger charge is -2.35. The summed E-state index contributed by atoms with van der Waals surface area (Å²) in [7, 11) is 2.80. The number of ketones is 2. The Morgan fingerprint density at radius 1 is 1.24 bits per heavy atom. The molecule has 0 bridgehead atoms. The average molecular weight is 477 g/mol. The van der Waals surface area contributed by atoms with Crippen LogP contribution >= 0.6 is 11.6 Å². The summed E-state index contributed by atoms with van der Waals surface area (Å²) >= 11 is 6.37. The van der Waals surface area contributed by atoms with Gasteiger partial charge in [0.1, 0.15) is 27.8 Å². The van der Waals surface area contributed by atoms with Crippen molar-refractivity contribution in [3.63, 3.8) is 0 Å². The minimum absolute atomic E-state index is 0.0322. The molecule has 1 heterocycles. The quantitative estimate of drug-likeness (QED) is 0.290. The van der Waals surface area contributed by atoms with E-state index in [0.717, 1.165) is 6.07 Å². The van der Waals surface area contributed by atoms with Gasteiger partial charge in [-0.25, -0.2) is 5.21 Å². The molecule has 0 saturated heterocycles. The van der Waals surface area contributed by atoms with Crippen LogP contribution in [-0.4, -0.2) is 41.7 Å². The highest BCUT2D eigenvalue weighted by atomic mass is 35.5. The summed E-state index contributed by atoms with van der Waals surface area (Å²) in [5, 5.41) is 32.1. The van der Waals surface area contributed by atoms with Gasteiger partial charge in [0.05, 0.1) is 19.9 Å². The number of rotatable bonds is 5. The van der Waals surface area contributed by atoms with E-state index in [9.17, 15) is 19.9 Å². The zero-order chi connectivity index (χ0) is 24.1. The van der Waals surface area contributed by atoms with Crippen molar-refractivity contribution in [2.24, 2.45) is 5.92 Å². The molecule has 3 atom stereocenters. The highest BCUT2D eigenvalue weighted by Crippen LogP contribution is 2.53. The molecule has 2 aromatic carbocycles. The Kier molecular flexibility index (Phi) is 5.71. The Bertz CT molecular complexity index is 1200. The molecule has 0 radical (unpaired) electrons. The van der Waals surface area contributed by atoms with Crippen molar-refractivity contribution in [1.82, 2.24) is 0 Å². The Hall–Kier alpha value is -3.31. The highest BCUT2D eigenvalue weighted by Gasteiger charge is 2.60. The number of methoxy groups -OCH3 is 2. The second kappa shape index (κ2) is 8.23. The molecular formula is C22H21ClN2O8. The molecule has 1 aliphatic carbocycles. The van der Waals surface area contributed by atoms with E-state index in [1.807, 2.05) is 0 Å². The lowest BCUT2D eigenvalue weighted by atomic mass is 9.74. The molecule has 1 spiro atoms. The van der Waals surface area contributed by atoms with E-state index >= 15 is 0 Å². The predicted molar refractivity (Wildman–Crippen MR) is 117 cm³/mol. The molecule has 0 amide bonds. The summed E-state index contributed by atoms with van der Waals surface area (Å²) in [6, 6.07) is 5.28. The van der Waals surface area contributed by atoms with Gasteiger partial charge in [-0.1, -0.05) is 18.5 Å². The summed E-state index contributed by atoms with van der Waals surface area (Å²) < 4.78 is 16.5. The highest BCUT2D eigenvalue weighted by molar-refractivity contribution is 6.36. The number of hydrogen-bond acceptors (Lipinski definition) is 9. The predicted octanol–water partition coefficient (Wildman–Crippen LogP) is 2.38. The Labute approximate surface area is 193 Å². The van der Waals surface area contributed by atoms with E-state index < -0.39 is 28.3 Å². The molecule has 174 valence electrons. The lowest BCUT2D eigenvalue weighted by molar-refractivity contribution is -0.991. The Morgan fingerprint density at radius 3 is 2.52 bits per heavy atom. The first-order valence-electron chi connectivity index (χ1n) is 9.90. The molecule has 0 aromatic heterocycles. The molecule has 2 aromatic rings. The van der Waals surface area contributed by atoms with Gasteiger partial charge in [0.25, 0.3) is 0 Å². The second-order valence-electron chi connectivity index (χ2n) is 7.77. The number of allylic oxidation sites excluding steroid dienone is 1. The van der Waals surface area contributed by atoms with Gasteiger partial charge in [-0.3, -0.25) is 9.59 Å². The summed E-state index contributed by atoms with van der Waals surface area (Å²) in [6.45, 7) is 1.70. The van der Waals surface area contributed by atoms with Crippen molar-refractivity contribution >= 4 is 34.5 Å². The normalized spacial score (nSPS) is 22.5. The number of aromatic hydroxyl groups is 1. The number of carbonyl (C=O) groups excluding carboxylic acids is 2. The van der Waals surface area contributed by atoms with Gasteiger partial charge >= 0.3 is 0 Å². The topological polar surface area (TPSA) is 142 Å². The third-order valence-electron chi connectivity index (χ3n) is 5.85. The maximum absolute atomic E-state index is 13.5. The number of phenols is 1. The number of ether oxygens (including phenoxy) is 3. The van der Waals surface area contributed by atoms with E-state index in [1.165, 1.54) is 38.5 Å². The van der Waals surface area contributed by atoms with Crippen molar-refractivity contribution < 1.29 is 39.3 Å². The number of phenolic OH excluding ortho intramolecular Hbond substituents is 1. The van der Waals surface area contributed by atoms with Crippen molar-refractivity contribution in [1.29, 1.82) is 0 Å². The van der Waals surface area contributed by atoms with Gasteiger partial charge < -0.3 is 29.8 Å². The van der Waals surface area contributed by atoms with Gasteiger partial charge in [0, 0.05) is 35.9 Å². The summed E-state index contributed by atoms with van der Waals surface area (Å²) in [6.07, 6.45) is 1.47. The minimum Gasteiger partial charge on any atom is -0.595 e. The Morgan fingerprint density at radius 2 is 1.94 bits per heavy atom. The number of Topliss-reactive ketones (excluding diaryl/α,β-unsaturated/α-hetero) is 1. The SMILES string of the molecule is COc1cc(OC)c2c(c1Cl)OC1(C(=O)C=C(Nc3ccc([NH+]([O-])O)cc3O)CC1C)C2=O. The third kappa shape index (κ3) is 3.47. The molecule has 4 N–H and O–H groups in total. The van der Waals surface area contributed by atoms with Crippen molar-refractivity contribution in [2.45, 2.75) is 18.9 Å². The fourth-order valence-corrected chi connectivity index (χ4v) is 4.42.